The first kappa shape index (κ1) is 15.0. The number of thiazole rings is 1. The largest absolute Gasteiger partial charge is 0.369 e. The molecule has 0 atom stereocenters. The first-order chi connectivity index (χ1) is 11.0. The number of rotatable bonds is 3. The van der Waals surface area contributed by atoms with E-state index in [1.165, 1.54) is 17.6 Å². The summed E-state index contributed by atoms with van der Waals surface area (Å²) in [6.07, 6.45) is 2.92. The Morgan fingerprint density at radius 2 is 1.91 bits per heavy atom. The van der Waals surface area contributed by atoms with Gasteiger partial charge in [-0.2, -0.15) is 5.10 Å². The minimum atomic E-state index is -1.28. The van der Waals surface area contributed by atoms with Crippen LogP contribution in [-0.2, 0) is 0 Å². The van der Waals surface area contributed by atoms with Crippen LogP contribution in [0.4, 0.5) is 13.2 Å². The Kier molecular flexibility index (Phi) is 3.74. The molecule has 0 bridgehead atoms. The standard InChI is InChI=1S/C13H9F3N6S/c14-7-4-9(16)8(15)3-6(7)11-10(5-19-21-12(17)18)22-1-2-23-13(22)20-11/h1-5H,(H4,17,18,21)/b19-5+. The van der Waals surface area contributed by atoms with Crippen molar-refractivity contribution in [2.45, 2.75) is 0 Å². The highest BCUT2D eigenvalue weighted by atomic mass is 32.1. The predicted molar refractivity (Wildman–Crippen MR) is 81.8 cm³/mol. The van der Waals surface area contributed by atoms with Crippen LogP contribution in [0.25, 0.3) is 16.2 Å². The summed E-state index contributed by atoms with van der Waals surface area (Å²) >= 11 is 1.28. The van der Waals surface area contributed by atoms with Gasteiger partial charge in [-0.1, -0.05) is 0 Å². The third-order valence-corrected chi connectivity index (χ3v) is 3.67. The van der Waals surface area contributed by atoms with Gasteiger partial charge in [-0.3, -0.25) is 4.40 Å². The second-order valence-corrected chi connectivity index (χ2v) is 5.29. The number of nitrogens with two attached hydrogens (primary N) is 2. The number of hydrogen-bond acceptors (Lipinski definition) is 4. The summed E-state index contributed by atoms with van der Waals surface area (Å²) in [6.45, 7) is 0. The van der Waals surface area contributed by atoms with E-state index in [4.69, 9.17) is 11.5 Å². The summed E-state index contributed by atoms with van der Waals surface area (Å²) in [5, 5.41) is 8.88. The minimum absolute atomic E-state index is 0.0998. The van der Waals surface area contributed by atoms with Crippen LogP contribution in [0.2, 0.25) is 0 Å². The molecule has 0 radical (unpaired) electrons. The maximum Gasteiger partial charge on any atom is 0.211 e. The second kappa shape index (κ2) is 5.72. The molecule has 2 heterocycles. The number of imidazole rings is 1. The molecular weight excluding hydrogens is 329 g/mol. The molecule has 6 nitrogen and oxygen atoms in total. The van der Waals surface area contributed by atoms with Crippen molar-refractivity contribution in [3.63, 3.8) is 0 Å². The summed E-state index contributed by atoms with van der Waals surface area (Å²) in [5.74, 6) is -3.65. The molecule has 3 rings (SSSR count). The van der Waals surface area contributed by atoms with E-state index < -0.39 is 17.5 Å². The van der Waals surface area contributed by atoms with Gasteiger partial charge in [0.05, 0.1) is 11.9 Å². The molecule has 0 aliphatic carbocycles. The lowest BCUT2D eigenvalue weighted by Crippen LogP contribution is -2.21. The van der Waals surface area contributed by atoms with Crippen molar-refractivity contribution < 1.29 is 13.2 Å². The number of nitrogens with zero attached hydrogens (tertiary/aromatic N) is 4. The molecule has 0 fully saturated rings. The fraction of sp³-hybridized carbons (Fsp3) is 0. The Morgan fingerprint density at radius 1 is 1.17 bits per heavy atom. The van der Waals surface area contributed by atoms with Gasteiger partial charge >= 0.3 is 0 Å². The molecule has 0 aliphatic heterocycles. The van der Waals surface area contributed by atoms with Gasteiger partial charge in [0.1, 0.15) is 11.5 Å². The van der Waals surface area contributed by atoms with E-state index >= 15 is 0 Å². The summed E-state index contributed by atoms with van der Waals surface area (Å²) < 4.78 is 42.2. The predicted octanol–water partition coefficient (Wildman–Crippen LogP) is 2.09. The molecule has 1 aromatic carbocycles. The van der Waals surface area contributed by atoms with Crippen molar-refractivity contribution in [2.75, 3.05) is 0 Å². The molecular formula is C13H9F3N6S. The Labute approximate surface area is 131 Å². The molecule has 0 spiro atoms. The molecule has 10 heteroatoms. The van der Waals surface area contributed by atoms with Crippen LogP contribution >= 0.6 is 11.3 Å². The quantitative estimate of drug-likeness (QED) is 0.331. The first-order valence-electron chi connectivity index (χ1n) is 6.20. The zero-order valence-corrected chi connectivity index (χ0v) is 12.2. The van der Waals surface area contributed by atoms with Gasteiger partial charge in [0, 0.05) is 23.2 Å². The van der Waals surface area contributed by atoms with Crippen LogP contribution in [0.5, 0.6) is 0 Å². The van der Waals surface area contributed by atoms with Crippen molar-refractivity contribution in [1.82, 2.24) is 9.38 Å². The SMILES string of the molecule is NC(N)=N/N=C/c1c(-c2cc(F)c(F)cc2F)nc2sccn12. The maximum absolute atomic E-state index is 14.0. The topological polar surface area (TPSA) is 94.1 Å². The lowest BCUT2D eigenvalue weighted by molar-refractivity contribution is 0.496. The lowest BCUT2D eigenvalue weighted by Gasteiger charge is -2.03. The molecule has 118 valence electrons. The van der Waals surface area contributed by atoms with Crippen LogP contribution in [0.15, 0.2) is 33.9 Å². The van der Waals surface area contributed by atoms with Gasteiger partial charge in [0.2, 0.25) is 5.96 Å². The normalized spacial score (nSPS) is 11.4. The van der Waals surface area contributed by atoms with Crippen LogP contribution < -0.4 is 11.5 Å². The molecule has 23 heavy (non-hydrogen) atoms. The molecule has 0 amide bonds. The Bertz CT molecular complexity index is 939. The zero-order valence-electron chi connectivity index (χ0n) is 11.4. The first-order valence-corrected chi connectivity index (χ1v) is 7.07. The average Bonchev–Trinajstić information content (AvgIpc) is 3.05. The molecule has 2 aromatic heterocycles. The highest BCUT2D eigenvalue weighted by molar-refractivity contribution is 7.15. The second-order valence-electron chi connectivity index (χ2n) is 4.42. The number of aromatic nitrogens is 2. The third kappa shape index (κ3) is 2.75. The molecule has 0 saturated heterocycles. The number of fused-ring (bicyclic) bond motifs is 1. The van der Waals surface area contributed by atoms with E-state index in [1.807, 2.05) is 0 Å². The zero-order chi connectivity index (χ0) is 16.6. The minimum Gasteiger partial charge on any atom is -0.369 e. The third-order valence-electron chi connectivity index (χ3n) is 2.92. The van der Waals surface area contributed by atoms with E-state index in [1.54, 1.807) is 16.0 Å². The number of guanidine groups is 1. The monoisotopic (exact) mass is 338 g/mol. The van der Waals surface area contributed by atoms with Crippen LogP contribution in [0.1, 0.15) is 5.69 Å². The van der Waals surface area contributed by atoms with Crippen LogP contribution in [0, 0.1) is 17.5 Å². The van der Waals surface area contributed by atoms with E-state index in [0.29, 0.717) is 16.7 Å². The molecule has 0 unspecified atom stereocenters. The maximum atomic E-state index is 14.0. The van der Waals surface area contributed by atoms with Gasteiger partial charge in [-0.25, -0.2) is 18.2 Å². The number of hydrogen-bond donors (Lipinski definition) is 2. The number of halogens is 3. The summed E-state index contributed by atoms with van der Waals surface area (Å²) in [7, 11) is 0. The van der Waals surface area contributed by atoms with Crippen molar-refractivity contribution >= 4 is 28.5 Å². The number of benzene rings is 1. The van der Waals surface area contributed by atoms with Gasteiger partial charge in [-0.05, 0) is 6.07 Å². The Hall–Kier alpha value is -2.88. The van der Waals surface area contributed by atoms with E-state index in [2.05, 4.69) is 15.2 Å². The van der Waals surface area contributed by atoms with Gasteiger partial charge in [-0.15, -0.1) is 16.4 Å². The highest BCUT2D eigenvalue weighted by Crippen LogP contribution is 2.29. The van der Waals surface area contributed by atoms with Crippen LogP contribution in [0.3, 0.4) is 0 Å². The smallest absolute Gasteiger partial charge is 0.211 e. The van der Waals surface area contributed by atoms with Crippen molar-refractivity contribution in [2.24, 2.45) is 21.7 Å². The fourth-order valence-corrected chi connectivity index (χ4v) is 2.70. The highest BCUT2D eigenvalue weighted by Gasteiger charge is 2.19. The van der Waals surface area contributed by atoms with Crippen LogP contribution in [-0.4, -0.2) is 21.6 Å². The average molecular weight is 338 g/mol. The van der Waals surface area contributed by atoms with Gasteiger partial charge in [0.15, 0.2) is 16.6 Å². The van der Waals surface area contributed by atoms with E-state index in [-0.39, 0.29) is 17.2 Å². The van der Waals surface area contributed by atoms with Gasteiger partial charge < -0.3 is 11.5 Å². The van der Waals surface area contributed by atoms with Crippen molar-refractivity contribution in [3.8, 4) is 11.3 Å². The summed E-state index contributed by atoms with van der Waals surface area (Å²) in [5.41, 5.74) is 10.6. The molecule has 0 aliphatic rings. The summed E-state index contributed by atoms with van der Waals surface area (Å²) in [4.78, 5) is 4.75. The van der Waals surface area contributed by atoms with E-state index in [0.717, 1.165) is 6.07 Å². The molecule has 3 aromatic rings. The van der Waals surface area contributed by atoms with E-state index in [9.17, 15) is 13.2 Å². The molecule has 4 N–H and O–H groups in total. The van der Waals surface area contributed by atoms with Crippen molar-refractivity contribution in [3.05, 3.63) is 46.9 Å². The Morgan fingerprint density at radius 3 is 2.65 bits per heavy atom. The lowest BCUT2D eigenvalue weighted by atomic mass is 10.1. The fourth-order valence-electron chi connectivity index (χ4n) is 1.98. The van der Waals surface area contributed by atoms with Crippen molar-refractivity contribution in [1.29, 1.82) is 0 Å². The van der Waals surface area contributed by atoms with Gasteiger partial charge in [0.25, 0.3) is 0 Å². The molecule has 0 saturated carbocycles. The summed E-state index contributed by atoms with van der Waals surface area (Å²) in [6, 6.07) is 1.21. The Balaban J connectivity index is 2.21.